The van der Waals surface area contributed by atoms with E-state index < -0.39 is 0 Å². The number of rotatable bonds is 3. The highest BCUT2D eigenvalue weighted by atomic mass is 35.5. The van der Waals surface area contributed by atoms with Gasteiger partial charge in [-0.15, -0.1) is 0 Å². The van der Waals surface area contributed by atoms with Crippen molar-refractivity contribution >= 4 is 46.3 Å². The number of nitrogens with one attached hydrogen (secondary N) is 1. The van der Waals surface area contributed by atoms with Crippen molar-refractivity contribution in [1.29, 1.82) is 0 Å². The number of amides is 1. The third-order valence-corrected chi connectivity index (χ3v) is 4.76. The van der Waals surface area contributed by atoms with Crippen molar-refractivity contribution in [3.05, 3.63) is 76.2 Å². The maximum atomic E-state index is 12.9. The molecule has 0 fully saturated rings. The second kappa shape index (κ2) is 6.94. The van der Waals surface area contributed by atoms with E-state index in [-0.39, 0.29) is 5.91 Å². The van der Waals surface area contributed by atoms with E-state index in [1.165, 1.54) is 11.9 Å². The monoisotopic (exact) mass is 384 g/mol. The number of aromatic nitrogens is 2. The van der Waals surface area contributed by atoms with Crippen LogP contribution in [0.4, 0.5) is 17.2 Å². The summed E-state index contributed by atoms with van der Waals surface area (Å²) in [5.74, 6) is 0.336. The van der Waals surface area contributed by atoms with Crippen LogP contribution >= 0.6 is 23.2 Å². The molecule has 0 bridgehead atoms. The minimum absolute atomic E-state index is 0.150. The number of fused-ring (bicyclic) bond motifs is 1. The van der Waals surface area contributed by atoms with Crippen molar-refractivity contribution in [2.45, 2.75) is 6.42 Å². The third-order valence-electron chi connectivity index (χ3n) is 4.21. The number of halogens is 2. The van der Waals surface area contributed by atoms with Crippen LogP contribution in [0.1, 0.15) is 16.1 Å². The molecule has 4 rings (SSSR count). The predicted octanol–water partition coefficient (Wildman–Crippen LogP) is 4.73. The molecule has 2 aromatic carbocycles. The molecular weight excluding hydrogens is 371 g/mol. The van der Waals surface area contributed by atoms with Crippen LogP contribution in [0.15, 0.2) is 54.9 Å². The molecule has 0 aliphatic carbocycles. The van der Waals surface area contributed by atoms with Gasteiger partial charge in [0.25, 0.3) is 5.91 Å². The first-order valence-electron chi connectivity index (χ1n) is 8.06. The summed E-state index contributed by atoms with van der Waals surface area (Å²) in [5, 5.41) is 4.11. The van der Waals surface area contributed by atoms with Gasteiger partial charge in [-0.3, -0.25) is 4.79 Å². The van der Waals surface area contributed by atoms with Gasteiger partial charge in [0.1, 0.15) is 17.8 Å². The largest absolute Gasteiger partial charge is 0.339 e. The summed E-state index contributed by atoms with van der Waals surface area (Å²) in [6.07, 6.45) is 2.21. The molecule has 0 unspecified atom stereocenters. The van der Waals surface area contributed by atoms with Crippen molar-refractivity contribution in [3.8, 4) is 0 Å². The normalized spacial score (nSPS) is 12.8. The summed E-state index contributed by atoms with van der Waals surface area (Å²) in [6, 6.07) is 14.6. The van der Waals surface area contributed by atoms with Gasteiger partial charge in [-0.2, -0.15) is 0 Å². The van der Waals surface area contributed by atoms with Gasteiger partial charge in [-0.25, -0.2) is 9.97 Å². The molecule has 26 heavy (non-hydrogen) atoms. The quantitative estimate of drug-likeness (QED) is 0.708. The maximum absolute atomic E-state index is 12.9. The van der Waals surface area contributed by atoms with Gasteiger partial charge < -0.3 is 10.2 Å². The molecule has 5 nitrogen and oxygen atoms in total. The number of para-hydroxylation sites is 1. The molecule has 1 aromatic heterocycles. The molecule has 7 heteroatoms. The van der Waals surface area contributed by atoms with Crippen LogP contribution in [0.3, 0.4) is 0 Å². The van der Waals surface area contributed by atoms with Crippen LogP contribution in [0.25, 0.3) is 0 Å². The van der Waals surface area contributed by atoms with Crippen LogP contribution in [0, 0.1) is 0 Å². The minimum Gasteiger partial charge on any atom is -0.339 e. The molecule has 0 radical (unpaired) electrons. The lowest BCUT2D eigenvalue weighted by molar-refractivity contribution is 0.0984. The third kappa shape index (κ3) is 3.23. The van der Waals surface area contributed by atoms with Crippen LogP contribution in [-0.4, -0.2) is 22.4 Å². The molecular formula is C19H14Cl2N4O. The zero-order chi connectivity index (χ0) is 18.1. The Balaban J connectivity index is 1.59. The Morgan fingerprint density at radius 3 is 2.77 bits per heavy atom. The number of hydrogen-bond donors (Lipinski definition) is 1. The summed E-state index contributed by atoms with van der Waals surface area (Å²) < 4.78 is 0. The van der Waals surface area contributed by atoms with Gasteiger partial charge >= 0.3 is 0 Å². The fourth-order valence-corrected chi connectivity index (χ4v) is 3.41. The average molecular weight is 385 g/mol. The Labute approximate surface area is 160 Å². The van der Waals surface area contributed by atoms with Gasteiger partial charge in [0.15, 0.2) is 0 Å². The Morgan fingerprint density at radius 2 is 1.92 bits per heavy atom. The number of benzene rings is 2. The number of hydrogen-bond acceptors (Lipinski definition) is 4. The Bertz CT molecular complexity index is 993. The molecule has 0 atom stereocenters. The van der Waals surface area contributed by atoms with E-state index in [4.69, 9.17) is 23.2 Å². The second-order valence-electron chi connectivity index (χ2n) is 5.87. The van der Waals surface area contributed by atoms with Crippen molar-refractivity contribution in [3.63, 3.8) is 0 Å². The van der Waals surface area contributed by atoms with E-state index >= 15 is 0 Å². The van der Waals surface area contributed by atoms with Crippen molar-refractivity contribution in [2.24, 2.45) is 0 Å². The lowest BCUT2D eigenvalue weighted by atomic mass is 10.2. The molecule has 1 aliphatic rings. The lowest BCUT2D eigenvalue weighted by Crippen LogP contribution is -2.29. The van der Waals surface area contributed by atoms with E-state index in [0.29, 0.717) is 33.8 Å². The van der Waals surface area contributed by atoms with Crippen LogP contribution < -0.4 is 10.2 Å². The van der Waals surface area contributed by atoms with Crippen LogP contribution in [0.5, 0.6) is 0 Å². The Morgan fingerprint density at radius 1 is 1.08 bits per heavy atom. The topological polar surface area (TPSA) is 58.1 Å². The van der Waals surface area contributed by atoms with E-state index in [0.717, 1.165) is 12.1 Å². The fourth-order valence-electron chi connectivity index (χ4n) is 2.96. The lowest BCUT2D eigenvalue weighted by Gasteiger charge is -2.17. The van der Waals surface area contributed by atoms with E-state index in [9.17, 15) is 4.79 Å². The highest BCUT2D eigenvalue weighted by molar-refractivity contribution is 6.36. The number of anilines is 3. The molecule has 1 amide bonds. The zero-order valence-corrected chi connectivity index (χ0v) is 15.1. The van der Waals surface area contributed by atoms with Crippen molar-refractivity contribution < 1.29 is 4.79 Å². The van der Waals surface area contributed by atoms with Gasteiger partial charge in [-0.1, -0.05) is 41.4 Å². The first kappa shape index (κ1) is 16.8. The Hall–Kier alpha value is -2.63. The smallest absolute Gasteiger partial charge is 0.277 e. The summed E-state index contributed by atoms with van der Waals surface area (Å²) in [6.45, 7) is 0.647. The SMILES string of the molecule is O=C(c1cc(Nc2ccc(Cl)cc2Cl)ncn1)N1CCc2ccccc21. The first-order valence-corrected chi connectivity index (χ1v) is 8.81. The highest BCUT2D eigenvalue weighted by Gasteiger charge is 2.26. The highest BCUT2D eigenvalue weighted by Crippen LogP contribution is 2.30. The molecule has 130 valence electrons. The Kier molecular flexibility index (Phi) is 4.49. The minimum atomic E-state index is -0.150. The number of nitrogens with zero attached hydrogens (tertiary/aromatic N) is 3. The molecule has 0 saturated heterocycles. The van der Waals surface area contributed by atoms with E-state index in [2.05, 4.69) is 15.3 Å². The van der Waals surface area contributed by atoms with E-state index in [1.54, 1.807) is 29.2 Å². The summed E-state index contributed by atoms with van der Waals surface area (Å²) in [4.78, 5) is 22.9. The summed E-state index contributed by atoms with van der Waals surface area (Å²) in [7, 11) is 0. The number of carbonyl (C=O) groups is 1. The first-order chi connectivity index (χ1) is 12.6. The molecule has 1 N–H and O–H groups in total. The second-order valence-corrected chi connectivity index (χ2v) is 6.72. The fraction of sp³-hybridized carbons (Fsp3) is 0.105. The van der Waals surface area contributed by atoms with Gasteiger partial charge in [0, 0.05) is 23.3 Å². The summed E-state index contributed by atoms with van der Waals surface area (Å²) in [5.41, 5.74) is 3.08. The molecule has 3 aromatic rings. The summed E-state index contributed by atoms with van der Waals surface area (Å²) >= 11 is 12.1. The predicted molar refractivity (Wildman–Crippen MR) is 104 cm³/mol. The van der Waals surface area contributed by atoms with Gasteiger partial charge in [0.05, 0.1) is 10.7 Å². The zero-order valence-electron chi connectivity index (χ0n) is 13.6. The standard InChI is InChI=1S/C19H14Cl2N4O/c20-13-5-6-15(14(21)9-13)24-18-10-16(22-11-23-18)19(26)25-8-7-12-3-1-2-4-17(12)25/h1-6,9-11H,7-8H2,(H,22,23,24). The van der Waals surface area contributed by atoms with Crippen molar-refractivity contribution in [1.82, 2.24) is 9.97 Å². The van der Waals surface area contributed by atoms with Crippen LogP contribution in [-0.2, 0) is 6.42 Å². The molecule has 0 spiro atoms. The van der Waals surface area contributed by atoms with Gasteiger partial charge in [-0.05, 0) is 36.2 Å². The molecule has 2 heterocycles. The molecule has 0 saturated carbocycles. The molecule has 1 aliphatic heterocycles. The van der Waals surface area contributed by atoms with Gasteiger partial charge in [0.2, 0.25) is 0 Å². The van der Waals surface area contributed by atoms with E-state index in [1.807, 2.05) is 24.3 Å². The van der Waals surface area contributed by atoms with Crippen LogP contribution in [0.2, 0.25) is 10.0 Å². The maximum Gasteiger partial charge on any atom is 0.277 e. The average Bonchev–Trinajstić information content (AvgIpc) is 3.08. The van der Waals surface area contributed by atoms with Crippen molar-refractivity contribution in [2.75, 3.05) is 16.8 Å². The number of carbonyl (C=O) groups excluding carboxylic acids is 1.